The van der Waals surface area contributed by atoms with Gasteiger partial charge in [-0.25, -0.2) is 4.79 Å². The van der Waals surface area contributed by atoms with Gasteiger partial charge in [0.2, 0.25) is 0 Å². The highest BCUT2D eigenvalue weighted by molar-refractivity contribution is 5.81. The minimum absolute atomic E-state index is 0.0365. The van der Waals surface area contributed by atoms with Crippen molar-refractivity contribution in [1.29, 1.82) is 0 Å². The van der Waals surface area contributed by atoms with Gasteiger partial charge in [0.25, 0.3) is 0 Å². The standard InChI is InChI=1S/C22H26O3/c1-5-21(23)24-16-15-17(2)25-20-13-11-19(12-14-20)22(3,4)18-9-7-6-8-10-18/h5-14,17H,1,15-16H2,2-4H3. The molecule has 3 nitrogen and oxygen atoms in total. The third-order valence-corrected chi connectivity index (χ3v) is 4.34. The molecule has 0 fully saturated rings. The molecule has 3 heteroatoms. The van der Waals surface area contributed by atoms with E-state index < -0.39 is 5.97 Å². The van der Waals surface area contributed by atoms with Crippen molar-refractivity contribution in [3.63, 3.8) is 0 Å². The lowest BCUT2D eigenvalue weighted by Crippen LogP contribution is -2.19. The molecule has 1 atom stereocenters. The molecule has 0 saturated carbocycles. The lowest BCUT2D eigenvalue weighted by Gasteiger charge is -2.26. The number of hydrogen-bond acceptors (Lipinski definition) is 3. The number of rotatable bonds is 8. The van der Waals surface area contributed by atoms with Gasteiger partial charge in [0.1, 0.15) is 5.75 Å². The predicted octanol–water partition coefficient (Wildman–Crippen LogP) is 4.90. The Hall–Kier alpha value is -2.55. The smallest absolute Gasteiger partial charge is 0.330 e. The highest BCUT2D eigenvalue weighted by atomic mass is 16.5. The SMILES string of the molecule is C=CC(=O)OCCC(C)Oc1ccc(C(C)(C)c2ccccc2)cc1. The maximum Gasteiger partial charge on any atom is 0.330 e. The van der Waals surface area contributed by atoms with Crippen LogP contribution in [0.1, 0.15) is 38.3 Å². The van der Waals surface area contributed by atoms with Crippen LogP contribution in [0.2, 0.25) is 0 Å². The molecule has 0 aliphatic heterocycles. The summed E-state index contributed by atoms with van der Waals surface area (Å²) < 4.78 is 10.9. The Morgan fingerprint density at radius 3 is 2.28 bits per heavy atom. The minimum atomic E-state index is -0.403. The van der Waals surface area contributed by atoms with Crippen LogP contribution >= 0.6 is 0 Å². The van der Waals surface area contributed by atoms with Crippen molar-refractivity contribution in [1.82, 2.24) is 0 Å². The molecule has 0 aliphatic rings. The fourth-order valence-corrected chi connectivity index (χ4v) is 2.65. The summed E-state index contributed by atoms with van der Waals surface area (Å²) in [5.74, 6) is 0.412. The first-order valence-corrected chi connectivity index (χ1v) is 8.55. The fourth-order valence-electron chi connectivity index (χ4n) is 2.65. The van der Waals surface area contributed by atoms with Crippen molar-refractivity contribution in [2.45, 2.75) is 38.7 Å². The van der Waals surface area contributed by atoms with E-state index in [1.54, 1.807) is 0 Å². The summed E-state index contributed by atoms with van der Waals surface area (Å²) in [7, 11) is 0. The lowest BCUT2D eigenvalue weighted by atomic mass is 9.78. The van der Waals surface area contributed by atoms with Crippen LogP contribution in [0.4, 0.5) is 0 Å². The van der Waals surface area contributed by atoms with Gasteiger partial charge in [-0.05, 0) is 30.2 Å². The average molecular weight is 338 g/mol. The average Bonchev–Trinajstić information content (AvgIpc) is 2.62. The molecule has 2 aromatic carbocycles. The van der Waals surface area contributed by atoms with E-state index in [4.69, 9.17) is 9.47 Å². The zero-order chi connectivity index (χ0) is 18.3. The molecule has 0 bridgehead atoms. The second kappa shape index (κ2) is 8.52. The van der Waals surface area contributed by atoms with Crippen molar-refractivity contribution >= 4 is 5.97 Å². The molecule has 0 aliphatic carbocycles. The monoisotopic (exact) mass is 338 g/mol. The van der Waals surface area contributed by atoms with Crippen LogP contribution in [0.3, 0.4) is 0 Å². The Labute approximate surface area is 150 Å². The van der Waals surface area contributed by atoms with Crippen LogP contribution in [0, 0.1) is 0 Å². The maximum absolute atomic E-state index is 11.0. The minimum Gasteiger partial charge on any atom is -0.491 e. The van der Waals surface area contributed by atoms with Crippen LogP contribution in [-0.2, 0) is 14.9 Å². The topological polar surface area (TPSA) is 35.5 Å². The Morgan fingerprint density at radius 1 is 1.08 bits per heavy atom. The number of carbonyl (C=O) groups excluding carboxylic acids is 1. The van der Waals surface area contributed by atoms with E-state index in [0.717, 1.165) is 5.75 Å². The van der Waals surface area contributed by atoms with Crippen LogP contribution in [0.15, 0.2) is 67.3 Å². The van der Waals surface area contributed by atoms with E-state index >= 15 is 0 Å². The van der Waals surface area contributed by atoms with Crippen LogP contribution in [-0.4, -0.2) is 18.7 Å². The van der Waals surface area contributed by atoms with Gasteiger partial charge in [-0.1, -0.05) is 62.9 Å². The molecule has 0 saturated heterocycles. The second-order valence-corrected chi connectivity index (χ2v) is 6.60. The Bertz CT molecular complexity index is 687. The summed E-state index contributed by atoms with van der Waals surface area (Å²) >= 11 is 0. The van der Waals surface area contributed by atoms with E-state index in [1.165, 1.54) is 17.2 Å². The van der Waals surface area contributed by atoms with Crippen molar-refractivity contribution in [2.75, 3.05) is 6.61 Å². The van der Waals surface area contributed by atoms with E-state index in [9.17, 15) is 4.79 Å². The molecule has 0 radical (unpaired) electrons. The van der Waals surface area contributed by atoms with E-state index in [1.807, 2.05) is 25.1 Å². The van der Waals surface area contributed by atoms with Gasteiger partial charge in [-0.15, -0.1) is 0 Å². The van der Waals surface area contributed by atoms with Crippen LogP contribution < -0.4 is 4.74 Å². The highest BCUT2D eigenvalue weighted by Gasteiger charge is 2.22. The summed E-state index contributed by atoms with van der Waals surface area (Å²) in [5.41, 5.74) is 2.45. The normalized spacial score (nSPS) is 12.3. The first-order valence-electron chi connectivity index (χ1n) is 8.55. The quantitative estimate of drug-likeness (QED) is 0.507. The van der Waals surface area contributed by atoms with Crippen molar-refractivity contribution in [3.8, 4) is 5.75 Å². The Morgan fingerprint density at radius 2 is 1.68 bits per heavy atom. The van der Waals surface area contributed by atoms with Crippen LogP contribution in [0.5, 0.6) is 5.75 Å². The third-order valence-electron chi connectivity index (χ3n) is 4.34. The Kier molecular flexibility index (Phi) is 6.40. The molecule has 0 spiro atoms. The van der Waals surface area contributed by atoms with Gasteiger partial charge >= 0.3 is 5.97 Å². The van der Waals surface area contributed by atoms with Crippen molar-refractivity contribution in [2.24, 2.45) is 0 Å². The lowest BCUT2D eigenvalue weighted by molar-refractivity contribution is -0.138. The first-order chi connectivity index (χ1) is 11.9. The molecule has 0 aromatic heterocycles. The molecule has 2 rings (SSSR count). The summed E-state index contributed by atoms with van der Waals surface area (Å²) in [6.07, 6.45) is 1.76. The van der Waals surface area contributed by atoms with Gasteiger partial charge in [0.15, 0.2) is 0 Å². The Balaban J connectivity index is 1.95. The van der Waals surface area contributed by atoms with Gasteiger partial charge in [-0.3, -0.25) is 0 Å². The van der Waals surface area contributed by atoms with Crippen molar-refractivity contribution in [3.05, 3.63) is 78.4 Å². The van der Waals surface area contributed by atoms with Crippen molar-refractivity contribution < 1.29 is 14.3 Å². The van der Waals surface area contributed by atoms with Gasteiger partial charge in [0.05, 0.1) is 12.7 Å². The summed E-state index contributed by atoms with van der Waals surface area (Å²) in [5, 5.41) is 0. The zero-order valence-corrected chi connectivity index (χ0v) is 15.2. The predicted molar refractivity (Wildman–Crippen MR) is 101 cm³/mol. The third kappa shape index (κ3) is 5.21. The maximum atomic E-state index is 11.0. The van der Waals surface area contributed by atoms with Gasteiger partial charge in [0, 0.05) is 17.9 Å². The molecular weight excluding hydrogens is 312 g/mol. The van der Waals surface area contributed by atoms with Gasteiger partial charge < -0.3 is 9.47 Å². The number of hydrogen-bond donors (Lipinski definition) is 0. The van der Waals surface area contributed by atoms with E-state index in [0.29, 0.717) is 13.0 Å². The summed E-state index contributed by atoms with van der Waals surface area (Å²) in [6, 6.07) is 18.7. The fraction of sp³-hybridized carbons (Fsp3) is 0.318. The molecular formula is C22H26O3. The number of ether oxygens (including phenoxy) is 2. The zero-order valence-electron chi connectivity index (χ0n) is 15.2. The summed E-state index contributed by atoms with van der Waals surface area (Å²) in [4.78, 5) is 11.0. The first kappa shape index (κ1) is 18.8. The molecule has 0 amide bonds. The number of carbonyl (C=O) groups is 1. The number of benzene rings is 2. The molecule has 132 valence electrons. The highest BCUT2D eigenvalue weighted by Crippen LogP contribution is 2.32. The van der Waals surface area contributed by atoms with Crippen LogP contribution in [0.25, 0.3) is 0 Å². The van der Waals surface area contributed by atoms with E-state index in [2.05, 4.69) is 56.8 Å². The second-order valence-electron chi connectivity index (χ2n) is 6.60. The molecule has 0 N–H and O–H groups in total. The van der Waals surface area contributed by atoms with E-state index in [-0.39, 0.29) is 11.5 Å². The number of esters is 1. The largest absolute Gasteiger partial charge is 0.491 e. The summed E-state index contributed by atoms with van der Waals surface area (Å²) in [6.45, 7) is 10.1. The molecule has 0 heterocycles. The molecule has 25 heavy (non-hydrogen) atoms. The molecule has 1 unspecified atom stereocenters. The molecule has 2 aromatic rings. The van der Waals surface area contributed by atoms with Gasteiger partial charge in [-0.2, -0.15) is 0 Å².